The minimum atomic E-state index is -4.23. The molecule has 0 fully saturated rings. The molecule has 0 bridgehead atoms. The molecule has 0 aromatic heterocycles. The Bertz CT molecular complexity index is 1360. The number of hydrogen-bond acceptors (Lipinski definition) is 6. The molecule has 3 aromatic carbocycles. The lowest BCUT2D eigenvalue weighted by atomic mass is 10.0. The Labute approximate surface area is 197 Å². The van der Waals surface area contributed by atoms with Crippen LogP contribution in [0.1, 0.15) is 34.5 Å². The van der Waals surface area contributed by atoms with E-state index in [1.165, 1.54) is 36.3 Å². The van der Waals surface area contributed by atoms with Crippen molar-refractivity contribution in [2.24, 2.45) is 0 Å². The number of aryl methyl sites for hydroxylation is 1. The highest BCUT2D eigenvalue weighted by molar-refractivity contribution is 7.95. The number of esters is 1. The summed E-state index contributed by atoms with van der Waals surface area (Å²) in [6.45, 7) is 2.00. The average Bonchev–Trinajstić information content (AvgIpc) is 3.15. The fourth-order valence-electron chi connectivity index (χ4n) is 3.96. The van der Waals surface area contributed by atoms with Crippen LogP contribution in [0.5, 0.6) is 0 Å². The van der Waals surface area contributed by atoms with Crippen LogP contribution in [0.15, 0.2) is 94.4 Å². The van der Waals surface area contributed by atoms with Crippen molar-refractivity contribution in [1.29, 1.82) is 0 Å². The fourth-order valence-corrected chi connectivity index (χ4v) is 5.61. The lowest BCUT2D eigenvalue weighted by Gasteiger charge is -2.27. The smallest absolute Gasteiger partial charge is 0.337 e. The van der Waals surface area contributed by atoms with Gasteiger partial charge < -0.3 is 9.84 Å². The van der Waals surface area contributed by atoms with E-state index >= 15 is 0 Å². The summed E-state index contributed by atoms with van der Waals surface area (Å²) < 4.78 is 31.9. The monoisotopic (exact) mass is 477 g/mol. The highest BCUT2D eigenvalue weighted by Gasteiger charge is 2.47. The Morgan fingerprint density at radius 2 is 1.59 bits per heavy atom. The third-order valence-corrected chi connectivity index (χ3v) is 7.66. The van der Waals surface area contributed by atoms with Gasteiger partial charge in [0.05, 0.1) is 17.6 Å². The SMILES string of the molecule is CCc1ccc(N2C(=O)C(O)=C(S(=O)(=O)c3ccccc3)[C@H]2c2ccc(C(=O)OC)cc2)cc1. The largest absolute Gasteiger partial charge is 0.502 e. The first-order valence-corrected chi connectivity index (χ1v) is 12.1. The van der Waals surface area contributed by atoms with Crippen LogP contribution in [0.2, 0.25) is 0 Å². The van der Waals surface area contributed by atoms with E-state index in [2.05, 4.69) is 0 Å². The summed E-state index contributed by atoms with van der Waals surface area (Å²) in [7, 11) is -2.96. The molecule has 4 rings (SSSR count). The maximum absolute atomic E-state index is 13.6. The van der Waals surface area contributed by atoms with E-state index in [0.29, 0.717) is 11.3 Å². The molecule has 174 valence electrons. The van der Waals surface area contributed by atoms with Gasteiger partial charge in [-0.05, 0) is 53.9 Å². The van der Waals surface area contributed by atoms with Crippen LogP contribution in [0.25, 0.3) is 0 Å². The number of sulfone groups is 1. The number of amides is 1. The van der Waals surface area contributed by atoms with Crippen molar-refractivity contribution in [1.82, 2.24) is 0 Å². The number of aliphatic hydroxyl groups is 1. The molecule has 1 atom stereocenters. The normalized spacial score (nSPS) is 16.1. The number of aliphatic hydroxyl groups excluding tert-OH is 1. The third kappa shape index (κ3) is 3.97. The molecular weight excluding hydrogens is 454 g/mol. The fraction of sp³-hybridized carbons (Fsp3) is 0.154. The summed E-state index contributed by atoms with van der Waals surface area (Å²) in [5.74, 6) is -2.19. The molecule has 0 radical (unpaired) electrons. The molecule has 0 saturated heterocycles. The van der Waals surface area contributed by atoms with Gasteiger partial charge in [-0.2, -0.15) is 0 Å². The number of carbonyl (C=O) groups excluding carboxylic acids is 2. The van der Waals surface area contributed by atoms with Gasteiger partial charge in [-0.3, -0.25) is 9.69 Å². The van der Waals surface area contributed by atoms with Crippen LogP contribution >= 0.6 is 0 Å². The Morgan fingerprint density at radius 1 is 0.971 bits per heavy atom. The maximum atomic E-state index is 13.6. The van der Waals surface area contributed by atoms with E-state index in [1.54, 1.807) is 42.5 Å². The number of rotatable bonds is 6. The van der Waals surface area contributed by atoms with E-state index < -0.39 is 38.4 Å². The molecule has 0 spiro atoms. The number of benzene rings is 3. The van der Waals surface area contributed by atoms with Crippen LogP contribution in [-0.4, -0.2) is 32.5 Å². The van der Waals surface area contributed by atoms with E-state index in [9.17, 15) is 23.1 Å². The molecule has 0 aliphatic carbocycles. The zero-order valence-corrected chi connectivity index (χ0v) is 19.5. The van der Waals surface area contributed by atoms with E-state index in [4.69, 9.17) is 4.74 Å². The maximum Gasteiger partial charge on any atom is 0.337 e. The van der Waals surface area contributed by atoms with Crippen LogP contribution in [0, 0.1) is 0 Å². The predicted octanol–water partition coefficient (Wildman–Crippen LogP) is 4.37. The molecule has 34 heavy (non-hydrogen) atoms. The van der Waals surface area contributed by atoms with Crippen molar-refractivity contribution in [3.8, 4) is 0 Å². The minimum absolute atomic E-state index is 0.0382. The third-order valence-electron chi connectivity index (χ3n) is 5.77. The topological polar surface area (TPSA) is 101 Å². The quantitative estimate of drug-likeness (QED) is 0.529. The molecule has 7 nitrogen and oxygen atoms in total. The van der Waals surface area contributed by atoms with Crippen molar-refractivity contribution in [3.63, 3.8) is 0 Å². The van der Waals surface area contributed by atoms with Gasteiger partial charge in [0.2, 0.25) is 9.84 Å². The summed E-state index contributed by atoms with van der Waals surface area (Å²) in [5.41, 5.74) is 2.17. The lowest BCUT2D eigenvalue weighted by Crippen LogP contribution is -2.31. The average molecular weight is 478 g/mol. The summed E-state index contributed by atoms with van der Waals surface area (Å²) in [6, 6.07) is 19.7. The Hall–Kier alpha value is -3.91. The summed E-state index contributed by atoms with van der Waals surface area (Å²) in [4.78, 5) is 25.9. The standard InChI is InChI=1S/C26H23NO6S/c1-3-17-9-15-20(16-10-17)27-22(18-11-13-19(14-12-18)26(30)33-2)24(23(28)25(27)29)34(31,32)21-7-5-4-6-8-21/h4-16,22,28H,3H2,1-2H3/t22-/m1/s1. The van der Waals surface area contributed by atoms with Crippen molar-refractivity contribution in [2.75, 3.05) is 12.0 Å². The zero-order chi connectivity index (χ0) is 24.5. The number of methoxy groups -OCH3 is 1. The summed E-state index contributed by atoms with van der Waals surface area (Å²) in [6.07, 6.45) is 0.795. The molecule has 0 unspecified atom stereocenters. The molecule has 1 aliphatic rings. The highest BCUT2D eigenvalue weighted by atomic mass is 32.2. The van der Waals surface area contributed by atoms with Crippen molar-refractivity contribution in [3.05, 3.63) is 106 Å². The number of ether oxygens (including phenoxy) is 1. The number of hydrogen-bond donors (Lipinski definition) is 1. The minimum Gasteiger partial charge on any atom is -0.502 e. The Kier molecular flexibility index (Phi) is 6.26. The van der Waals surface area contributed by atoms with E-state index in [1.807, 2.05) is 19.1 Å². The number of nitrogens with zero attached hydrogens (tertiary/aromatic N) is 1. The van der Waals surface area contributed by atoms with Crippen molar-refractivity contribution < 1.29 is 27.9 Å². The van der Waals surface area contributed by atoms with Gasteiger partial charge in [0.1, 0.15) is 10.9 Å². The van der Waals surface area contributed by atoms with Crippen LogP contribution in [0.3, 0.4) is 0 Å². The zero-order valence-electron chi connectivity index (χ0n) is 18.6. The second-order valence-electron chi connectivity index (χ2n) is 7.74. The predicted molar refractivity (Wildman–Crippen MR) is 127 cm³/mol. The van der Waals surface area contributed by atoms with Crippen molar-refractivity contribution in [2.45, 2.75) is 24.3 Å². The van der Waals surface area contributed by atoms with Gasteiger partial charge in [0, 0.05) is 5.69 Å². The van der Waals surface area contributed by atoms with E-state index in [-0.39, 0.29) is 10.5 Å². The van der Waals surface area contributed by atoms with Gasteiger partial charge in [0.25, 0.3) is 5.91 Å². The van der Waals surface area contributed by atoms with Gasteiger partial charge in [-0.25, -0.2) is 13.2 Å². The second-order valence-corrected chi connectivity index (χ2v) is 9.66. The molecule has 1 amide bonds. The highest BCUT2D eigenvalue weighted by Crippen LogP contribution is 2.44. The first-order valence-electron chi connectivity index (χ1n) is 10.6. The lowest BCUT2D eigenvalue weighted by molar-refractivity contribution is -0.117. The first-order chi connectivity index (χ1) is 16.3. The number of anilines is 1. The van der Waals surface area contributed by atoms with Crippen molar-refractivity contribution >= 4 is 27.4 Å². The number of carbonyl (C=O) groups is 2. The van der Waals surface area contributed by atoms with Gasteiger partial charge in [0.15, 0.2) is 5.76 Å². The Balaban J connectivity index is 1.90. The van der Waals surface area contributed by atoms with Gasteiger partial charge >= 0.3 is 5.97 Å². The summed E-state index contributed by atoms with van der Waals surface area (Å²) >= 11 is 0. The molecule has 1 N–H and O–H groups in total. The molecule has 1 aliphatic heterocycles. The molecule has 1 heterocycles. The van der Waals surface area contributed by atoms with Crippen LogP contribution < -0.4 is 4.90 Å². The van der Waals surface area contributed by atoms with Gasteiger partial charge in [-0.1, -0.05) is 49.4 Å². The molecule has 3 aromatic rings. The first kappa shape index (κ1) is 23.3. The summed E-state index contributed by atoms with van der Waals surface area (Å²) in [5, 5.41) is 10.8. The second kappa shape index (κ2) is 9.15. The van der Waals surface area contributed by atoms with E-state index in [0.717, 1.165) is 12.0 Å². The molecular formula is C26H23NO6S. The van der Waals surface area contributed by atoms with Crippen LogP contribution in [0.4, 0.5) is 5.69 Å². The van der Waals surface area contributed by atoms with Crippen LogP contribution in [-0.2, 0) is 25.8 Å². The molecule has 0 saturated carbocycles. The van der Waals surface area contributed by atoms with Gasteiger partial charge in [-0.15, -0.1) is 0 Å². The molecule has 8 heteroatoms. The Morgan fingerprint density at radius 3 is 2.15 bits per heavy atom.